The molecule has 0 saturated heterocycles. The zero-order valence-corrected chi connectivity index (χ0v) is 14.1. The maximum absolute atomic E-state index is 12.4. The summed E-state index contributed by atoms with van der Waals surface area (Å²) in [7, 11) is 0. The van der Waals surface area contributed by atoms with E-state index in [1.165, 1.54) is 34.0 Å². The second-order valence-corrected chi connectivity index (χ2v) is 7.11. The van der Waals surface area contributed by atoms with E-state index in [2.05, 4.69) is 21.4 Å². The van der Waals surface area contributed by atoms with Gasteiger partial charge in [0, 0.05) is 10.9 Å². The van der Waals surface area contributed by atoms with E-state index >= 15 is 0 Å². The van der Waals surface area contributed by atoms with Gasteiger partial charge in [0.15, 0.2) is 0 Å². The zero-order chi connectivity index (χ0) is 16.4. The third-order valence-electron chi connectivity index (χ3n) is 3.56. The molecule has 0 saturated carbocycles. The van der Waals surface area contributed by atoms with Crippen LogP contribution in [0, 0.1) is 11.3 Å². The minimum Gasteiger partial charge on any atom is -0.311 e. The highest BCUT2D eigenvalue weighted by Gasteiger charge is 2.23. The predicted octanol–water partition coefficient (Wildman–Crippen LogP) is 2.31. The molecule has 0 radical (unpaired) electrons. The highest BCUT2D eigenvalue weighted by atomic mass is 32.2. The van der Waals surface area contributed by atoms with Crippen molar-refractivity contribution in [3.63, 3.8) is 0 Å². The molecule has 118 valence electrons. The number of aryl methyl sites for hydroxylation is 1. The number of hydrogen-bond acceptors (Lipinski definition) is 6. The first-order valence-electron chi connectivity index (χ1n) is 7.07. The molecule has 0 spiro atoms. The fourth-order valence-corrected chi connectivity index (χ4v) is 4.25. The van der Waals surface area contributed by atoms with E-state index in [0.29, 0.717) is 22.1 Å². The Kier molecular flexibility index (Phi) is 4.50. The van der Waals surface area contributed by atoms with Gasteiger partial charge in [-0.3, -0.25) is 9.59 Å². The summed E-state index contributed by atoms with van der Waals surface area (Å²) < 4.78 is 0. The molecule has 0 fully saturated rings. The number of nitriles is 1. The topological polar surface area (TPSA) is 98.6 Å². The van der Waals surface area contributed by atoms with E-state index in [1.807, 2.05) is 6.26 Å². The molecule has 3 rings (SSSR count). The summed E-state index contributed by atoms with van der Waals surface area (Å²) in [6.45, 7) is 0. The van der Waals surface area contributed by atoms with E-state index in [0.717, 1.165) is 24.8 Å². The second-order valence-electron chi connectivity index (χ2n) is 5.14. The van der Waals surface area contributed by atoms with Gasteiger partial charge in [0.2, 0.25) is 0 Å². The third-order valence-corrected chi connectivity index (χ3v) is 5.33. The molecule has 0 aliphatic heterocycles. The van der Waals surface area contributed by atoms with E-state index < -0.39 is 5.91 Å². The van der Waals surface area contributed by atoms with Crippen molar-refractivity contribution in [1.29, 1.82) is 5.26 Å². The van der Waals surface area contributed by atoms with Crippen LogP contribution in [-0.4, -0.2) is 22.1 Å². The monoisotopic (exact) mass is 346 g/mol. The van der Waals surface area contributed by atoms with Crippen molar-refractivity contribution in [2.75, 3.05) is 11.6 Å². The highest BCUT2D eigenvalue weighted by molar-refractivity contribution is 7.97. The van der Waals surface area contributed by atoms with Gasteiger partial charge in [0.25, 0.3) is 11.5 Å². The summed E-state index contributed by atoms with van der Waals surface area (Å²) >= 11 is 2.95. The van der Waals surface area contributed by atoms with Crippen molar-refractivity contribution in [1.82, 2.24) is 9.97 Å². The Morgan fingerprint density at radius 1 is 1.57 bits per heavy atom. The number of carbonyl (C=O) groups excluding carboxylic acids is 1. The van der Waals surface area contributed by atoms with Crippen LogP contribution in [0.5, 0.6) is 0 Å². The number of aromatic amines is 1. The van der Waals surface area contributed by atoms with Crippen molar-refractivity contribution in [3.8, 4) is 6.07 Å². The number of thioether (sulfide) groups is 1. The maximum atomic E-state index is 12.4. The van der Waals surface area contributed by atoms with Crippen LogP contribution in [0.15, 0.2) is 10.9 Å². The summed E-state index contributed by atoms with van der Waals surface area (Å²) in [5.74, 6) is 0.520. The summed E-state index contributed by atoms with van der Waals surface area (Å²) in [6, 6.07) is 3.35. The highest BCUT2D eigenvalue weighted by Crippen LogP contribution is 2.38. The van der Waals surface area contributed by atoms with Crippen LogP contribution in [-0.2, 0) is 18.6 Å². The molecule has 2 N–H and O–H groups in total. The number of amides is 1. The standard InChI is InChI=1S/C15H14N4O2S2/c1-22-7-12-17-10(5-13(20)18-12)14(21)19-15-9(6-16)8-3-2-4-11(8)23-15/h5H,2-4,7H2,1H3,(H,19,21)(H,17,18,20). The average molecular weight is 346 g/mol. The Hall–Kier alpha value is -2.11. The van der Waals surface area contributed by atoms with Crippen LogP contribution >= 0.6 is 23.1 Å². The van der Waals surface area contributed by atoms with E-state index in [1.54, 1.807) is 0 Å². The number of rotatable bonds is 4. The lowest BCUT2D eigenvalue weighted by molar-refractivity contribution is 0.102. The largest absolute Gasteiger partial charge is 0.311 e. The first-order chi connectivity index (χ1) is 11.1. The van der Waals surface area contributed by atoms with Crippen LogP contribution in [0.4, 0.5) is 5.00 Å². The molecule has 0 atom stereocenters. The van der Waals surface area contributed by atoms with Crippen molar-refractivity contribution in [2.24, 2.45) is 0 Å². The molecule has 2 aromatic rings. The Morgan fingerprint density at radius 2 is 2.39 bits per heavy atom. The number of H-pyrrole nitrogens is 1. The van der Waals surface area contributed by atoms with Gasteiger partial charge in [-0.2, -0.15) is 17.0 Å². The molecule has 23 heavy (non-hydrogen) atoms. The molecule has 1 aliphatic rings. The van der Waals surface area contributed by atoms with Gasteiger partial charge >= 0.3 is 0 Å². The molecule has 2 heterocycles. The lowest BCUT2D eigenvalue weighted by atomic mass is 10.1. The first-order valence-corrected chi connectivity index (χ1v) is 9.28. The maximum Gasteiger partial charge on any atom is 0.275 e. The molecule has 0 bridgehead atoms. The second kappa shape index (κ2) is 6.56. The van der Waals surface area contributed by atoms with Crippen molar-refractivity contribution >= 4 is 34.0 Å². The molecule has 0 unspecified atom stereocenters. The van der Waals surface area contributed by atoms with Crippen LogP contribution in [0.1, 0.15) is 38.7 Å². The molecule has 0 aromatic carbocycles. The molecular formula is C15H14N4O2S2. The number of carbonyl (C=O) groups is 1. The van der Waals surface area contributed by atoms with Gasteiger partial charge in [-0.15, -0.1) is 11.3 Å². The lowest BCUT2D eigenvalue weighted by Crippen LogP contribution is -2.20. The minimum absolute atomic E-state index is 0.0650. The number of anilines is 1. The Bertz CT molecular complexity index is 863. The third kappa shape index (κ3) is 3.16. The van der Waals surface area contributed by atoms with Gasteiger partial charge in [0.05, 0.1) is 11.3 Å². The number of nitrogens with zero attached hydrogens (tertiary/aromatic N) is 2. The number of thiophene rings is 1. The summed E-state index contributed by atoms with van der Waals surface area (Å²) in [4.78, 5) is 32.0. The smallest absolute Gasteiger partial charge is 0.275 e. The van der Waals surface area contributed by atoms with E-state index in [-0.39, 0.29) is 11.3 Å². The number of nitrogens with one attached hydrogen (secondary N) is 2. The minimum atomic E-state index is -0.463. The Balaban J connectivity index is 1.88. The summed E-state index contributed by atoms with van der Waals surface area (Å²) in [5.41, 5.74) is 1.30. The summed E-state index contributed by atoms with van der Waals surface area (Å²) in [5, 5.41) is 12.6. The number of hydrogen-bond donors (Lipinski definition) is 2. The molecule has 1 aliphatic carbocycles. The van der Waals surface area contributed by atoms with Gasteiger partial charge in [-0.1, -0.05) is 0 Å². The van der Waals surface area contributed by atoms with Gasteiger partial charge < -0.3 is 10.3 Å². The Morgan fingerprint density at radius 3 is 3.13 bits per heavy atom. The molecule has 8 heteroatoms. The first kappa shape index (κ1) is 15.8. The average Bonchev–Trinajstić information content (AvgIpc) is 3.07. The zero-order valence-electron chi connectivity index (χ0n) is 12.4. The predicted molar refractivity (Wildman–Crippen MR) is 91.1 cm³/mol. The summed E-state index contributed by atoms with van der Waals surface area (Å²) in [6.07, 6.45) is 4.77. The fourth-order valence-electron chi connectivity index (χ4n) is 2.61. The van der Waals surface area contributed by atoms with E-state index in [4.69, 9.17) is 0 Å². The van der Waals surface area contributed by atoms with E-state index in [9.17, 15) is 14.9 Å². The molecular weight excluding hydrogens is 332 g/mol. The molecule has 2 aromatic heterocycles. The Labute approximate surface area is 141 Å². The lowest BCUT2D eigenvalue weighted by Gasteiger charge is -2.05. The van der Waals surface area contributed by atoms with Gasteiger partial charge in [-0.05, 0) is 31.1 Å². The van der Waals surface area contributed by atoms with Crippen LogP contribution in [0.25, 0.3) is 0 Å². The van der Waals surface area contributed by atoms with Gasteiger partial charge in [-0.25, -0.2) is 4.98 Å². The van der Waals surface area contributed by atoms with Gasteiger partial charge in [0.1, 0.15) is 22.6 Å². The number of aromatic nitrogens is 2. The van der Waals surface area contributed by atoms with Crippen molar-refractivity contribution < 1.29 is 4.79 Å². The number of fused-ring (bicyclic) bond motifs is 1. The molecule has 1 amide bonds. The van der Waals surface area contributed by atoms with Crippen LogP contribution in [0.2, 0.25) is 0 Å². The van der Waals surface area contributed by atoms with Crippen LogP contribution < -0.4 is 10.9 Å². The molecule has 6 nitrogen and oxygen atoms in total. The fraction of sp³-hybridized carbons (Fsp3) is 0.333. The normalized spacial score (nSPS) is 12.7. The van der Waals surface area contributed by atoms with Crippen LogP contribution in [0.3, 0.4) is 0 Å². The van der Waals surface area contributed by atoms with Crippen molar-refractivity contribution in [2.45, 2.75) is 25.0 Å². The van der Waals surface area contributed by atoms with Crippen molar-refractivity contribution in [3.05, 3.63) is 43.9 Å². The SMILES string of the molecule is CSCc1nc(C(=O)Nc2sc3c(c2C#N)CCC3)cc(=O)[nH]1. The quantitative estimate of drug-likeness (QED) is 0.885.